The lowest BCUT2D eigenvalue weighted by atomic mass is 10.0. The van der Waals surface area contributed by atoms with Crippen molar-refractivity contribution in [2.45, 2.75) is 25.7 Å². The fourth-order valence-electron chi connectivity index (χ4n) is 2.02. The average molecular weight is 299 g/mol. The van der Waals surface area contributed by atoms with E-state index in [0.717, 1.165) is 17.6 Å². The van der Waals surface area contributed by atoms with E-state index >= 15 is 0 Å². The van der Waals surface area contributed by atoms with Crippen LogP contribution in [0.15, 0.2) is 42.5 Å². The largest absolute Gasteiger partial charge is 0.349 e. The van der Waals surface area contributed by atoms with Gasteiger partial charge in [0.05, 0.1) is 16.1 Å². The minimum atomic E-state index is -0.365. The van der Waals surface area contributed by atoms with Gasteiger partial charge in [-0.3, -0.25) is 0 Å². The van der Waals surface area contributed by atoms with E-state index in [0.29, 0.717) is 16.7 Å². The molecule has 0 amide bonds. The lowest BCUT2D eigenvalue weighted by Gasteiger charge is -2.29. The van der Waals surface area contributed by atoms with Crippen LogP contribution >= 0.6 is 23.2 Å². The van der Waals surface area contributed by atoms with Gasteiger partial charge >= 0.3 is 0 Å². The Morgan fingerprint density at radius 3 is 2.84 bits per heavy atom. The van der Waals surface area contributed by atoms with Crippen molar-refractivity contribution in [3.05, 3.63) is 58.1 Å². The predicted molar refractivity (Wildman–Crippen MR) is 78.6 cm³/mol. The molecule has 2 rings (SSSR count). The van der Waals surface area contributed by atoms with Gasteiger partial charge in [0, 0.05) is 12.2 Å². The molecular formula is C15H16Cl2O2. The van der Waals surface area contributed by atoms with Crippen LogP contribution in [0.5, 0.6) is 0 Å². The summed E-state index contributed by atoms with van der Waals surface area (Å²) >= 11 is 12.0. The number of hydrogen-bond acceptors (Lipinski definition) is 2. The molecule has 4 heteroatoms. The highest BCUT2D eigenvalue weighted by molar-refractivity contribution is 6.42. The van der Waals surface area contributed by atoms with Gasteiger partial charge in [-0.25, -0.2) is 0 Å². The maximum Gasteiger partial charge on any atom is 0.184 e. The number of ether oxygens (including phenoxy) is 2. The molecule has 2 nitrogen and oxygen atoms in total. The summed E-state index contributed by atoms with van der Waals surface area (Å²) < 4.78 is 11.5. The minimum Gasteiger partial charge on any atom is -0.349 e. The molecule has 1 aromatic carbocycles. The topological polar surface area (TPSA) is 18.5 Å². The lowest BCUT2D eigenvalue weighted by Crippen LogP contribution is -2.25. The Bertz CT molecular complexity index is 497. The quantitative estimate of drug-likeness (QED) is 0.785. The zero-order chi connectivity index (χ0) is 13.8. The van der Waals surface area contributed by atoms with Crippen molar-refractivity contribution in [3.8, 4) is 0 Å². The standard InChI is InChI=1S/C15H16Cl2O2/c1-3-10-6-8-14(19-15(10)18-4-2)11-5-7-12(16)13(17)9-11/h3,5-7,9,14-15H,1,4,8H2,2H3/t14-,15-/m0/s1. The second-order valence-electron chi connectivity index (χ2n) is 4.23. The monoisotopic (exact) mass is 298 g/mol. The van der Waals surface area contributed by atoms with Crippen LogP contribution in [-0.2, 0) is 9.47 Å². The number of hydrogen-bond donors (Lipinski definition) is 0. The summed E-state index contributed by atoms with van der Waals surface area (Å²) in [4.78, 5) is 0. The van der Waals surface area contributed by atoms with Crippen LogP contribution in [0.4, 0.5) is 0 Å². The zero-order valence-corrected chi connectivity index (χ0v) is 12.2. The first-order valence-electron chi connectivity index (χ1n) is 6.20. The minimum absolute atomic E-state index is 0.0741. The summed E-state index contributed by atoms with van der Waals surface area (Å²) in [6, 6.07) is 5.55. The lowest BCUT2D eigenvalue weighted by molar-refractivity contribution is -0.152. The molecule has 1 aromatic rings. The average Bonchev–Trinajstić information content (AvgIpc) is 2.42. The SMILES string of the molecule is C=CC1=CC[C@@H](c2ccc(Cl)c(Cl)c2)O[C@@H]1OCC. The maximum atomic E-state index is 6.04. The van der Waals surface area contributed by atoms with Crippen molar-refractivity contribution in [3.63, 3.8) is 0 Å². The second kappa shape index (κ2) is 6.58. The molecule has 102 valence electrons. The molecule has 0 saturated carbocycles. The van der Waals surface area contributed by atoms with Crippen molar-refractivity contribution in [1.82, 2.24) is 0 Å². The Kier molecular flexibility index (Phi) is 5.06. The van der Waals surface area contributed by atoms with Crippen LogP contribution in [-0.4, -0.2) is 12.9 Å². The third kappa shape index (κ3) is 3.40. The van der Waals surface area contributed by atoms with Gasteiger partial charge in [0.1, 0.15) is 0 Å². The fourth-order valence-corrected chi connectivity index (χ4v) is 2.32. The van der Waals surface area contributed by atoms with Crippen LogP contribution in [0, 0.1) is 0 Å². The van der Waals surface area contributed by atoms with Crippen LogP contribution < -0.4 is 0 Å². The maximum absolute atomic E-state index is 6.04. The second-order valence-corrected chi connectivity index (χ2v) is 5.04. The molecule has 0 fully saturated rings. The highest BCUT2D eigenvalue weighted by Crippen LogP contribution is 2.34. The van der Waals surface area contributed by atoms with E-state index in [2.05, 4.69) is 12.7 Å². The summed E-state index contributed by atoms with van der Waals surface area (Å²) in [6.45, 7) is 6.30. The van der Waals surface area contributed by atoms with Gasteiger partial charge in [-0.1, -0.05) is 48.0 Å². The molecule has 1 aliphatic rings. The summed E-state index contributed by atoms with van der Waals surface area (Å²) in [6.07, 6.45) is 4.18. The third-order valence-electron chi connectivity index (χ3n) is 3.00. The Morgan fingerprint density at radius 2 is 2.21 bits per heavy atom. The zero-order valence-electron chi connectivity index (χ0n) is 10.7. The van der Waals surface area contributed by atoms with Crippen LogP contribution in [0.3, 0.4) is 0 Å². The molecule has 0 N–H and O–H groups in total. The van der Waals surface area contributed by atoms with Gasteiger partial charge in [-0.05, 0) is 31.0 Å². The molecule has 0 saturated heterocycles. The third-order valence-corrected chi connectivity index (χ3v) is 3.74. The first-order valence-corrected chi connectivity index (χ1v) is 6.95. The van der Waals surface area contributed by atoms with Crippen LogP contribution in [0.25, 0.3) is 0 Å². The molecule has 19 heavy (non-hydrogen) atoms. The molecule has 0 radical (unpaired) electrons. The van der Waals surface area contributed by atoms with E-state index in [1.165, 1.54) is 0 Å². The van der Waals surface area contributed by atoms with Crippen LogP contribution in [0.1, 0.15) is 25.0 Å². The Labute approximate surface area is 123 Å². The van der Waals surface area contributed by atoms with Gasteiger partial charge in [0.2, 0.25) is 0 Å². The Hall–Kier alpha value is -0.800. The van der Waals surface area contributed by atoms with E-state index in [1.54, 1.807) is 12.1 Å². The molecule has 0 bridgehead atoms. The van der Waals surface area contributed by atoms with Crippen molar-refractivity contribution >= 4 is 23.2 Å². The summed E-state index contributed by atoms with van der Waals surface area (Å²) in [5, 5.41) is 1.08. The normalized spacial score (nSPS) is 23.0. The number of benzene rings is 1. The van der Waals surface area contributed by atoms with Crippen molar-refractivity contribution < 1.29 is 9.47 Å². The fraction of sp³-hybridized carbons (Fsp3) is 0.333. The smallest absolute Gasteiger partial charge is 0.184 e. The predicted octanol–water partition coefficient (Wildman–Crippen LogP) is 4.93. The molecule has 1 aliphatic heterocycles. The molecule has 0 unspecified atom stereocenters. The van der Waals surface area contributed by atoms with Crippen molar-refractivity contribution in [2.75, 3.05) is 6.61 Å². The Balaban J connectivity index is 2.20. The molecule has 0 aromatic heterocycles. The summed E-state index contributed by atoms with van der Waals surface area (Å²) in [7, 11) is 0. The van der Waals surface area contributed by atoms with E-state index in [1.807, 2.05) is 19.1 Å². The van der Waals surface area contributed by atoms with E-state index < -0.39 is 0 Å². The van der Waals surface area contributed by atoms with Crippen molar-refractivity contribution in [2.24, 2.45) is 0 Å². The highest BCUT2D eigenvalue weighted by atomic mass is 35.5. The summed E-state index contributed by atoms with van der Waals surface area (Å²) in [5.74, 6) is 0. The van der Waals surface area contributed by atoms with Crippen molar-refractivity contribution in [1.29, 1.82) is 0 Å². The first kappa shape index (κ1) is 14.6. The molecule has 0 aliphatic carbocycles. The number of halogens is 2. The van der Waals surface area contributed by atoms with Gasteiger partial charge in [0.15, 0.2) is 6.29 Å². The molecular weight excluding hydrogens is 283 g/mol. The van der Waals surface area contributed by atoms with E-state index in [4.69, 9.17) is 32.7 Å². The van der Waals surface area contributed by atoms with Gasteiger partial charge in [0.25, 0.3) is 0 Å². The van der Waals surface area contributed by atoms with E-state index in [-0.39, 0.29) is 12.4 Å². The number of rotatable bonds is 4. The molecule has 2 atom stereocenters. The van der Waals surface area contributed by atoms with Gasteiger partial charge in [-0.2, -0.15) is 0 Å². The molecule has 0 spiro atoms. The summed E-state index contributed by atoms with van der Waals surface area (Å²) in [5.41, 5.74) is 1.97. The molecule has 1 heterocycles. The van der Waals surface area contributed by atoms with Gasteiger partial charge in [-0.15, -0.1) is 0 Å². The van der Waals surface area contributed by atoms with Gasteiger partial charge < -0.3 is 9.47 Å². The van der Waals surface area contributed by atoms with E-state index in [9.17, 15) is 0 Å². The van der Waals surface area contributed by atoms with Crippen LogP contribution in [0.2, 0.25) is 10.0 Å². The first-order chi connectivity index (χ1) is 9.15. The highest BCUT2D eigenvalue weighted by Gasteiger charge is 2.25. The Morgan fingerprint density at radius 1 is 1.42 bits per heavy atom.